The molecule has 17 heavy (non-hydrogen) atoms. The average molecular weight is 227 g/mol. The van der Waals surface area contributed by atoms with E-state index in [0.717, 1.165) is 29.0 Å². The molecule has 0 heterocycles. The van der Waals surface area contributed by atoms with E-state index in [1.165, 1.54) is 5.56 Å². The minimum Gasteiger partial charge on any atom is -0.496 e. The fraction of sp³-hybridized carbons (Fsp3) is 0.200. The molecule has 0 bridgehead atoms. The lowest BCUT2D eigenvalue weighted by molar-refractivity contribution is 0.416. The average Bonchev–Trinajstić information content (AvgIpc) is 2.38. The van der Waals surface area contributed by atoms with Crippen molar-refractivity contribution in [3.05, 3.63) is 48.0 Å². The van der Waals surface area contributed by atoms with Gasteiger partial charge in [-0.2, -0.15) is 0 Å². The van der Waals surface area contributed by atoms with Crippen LogP contribution in [0.4, 0.5) is 5.69 Å². The number of ether oxygens (including phenoxy) is 1. The number of benzene rings is 2. The number of hydrogen-bond donors (Lipinski definition) is 1. The third-order valence-corrected chi connectivity index (χ3v) is 2.94. The van der Waals surface area contributed by atoms with Crippen molar-refractivity contribution in [2.75, 3.05) is 12.8 Å². The summed E-state index contributed by atoms with van der Waals surface area (Å²) >= 11 is 0. The third kappa shape index (κ3) is 2.26. The first kappa shape index (κ1) is 11.5. The fourth-order valence-corrected chi connectivity index (χ4v) is 1.97. The normalized spacial score (nSPS) is 10.2. The van der Waals surface area contributed by atoms with Gasteiger partial charge in [-0.15, -0.1) is 0 Å². The van der Waals surface area contributed by atoms with E-state index in [-0.39, 0.29) is 0 Å². The number of methoxy groups -OCH3 is 1. The number of para-hydroxylation sites is 1. The molecule has 2 N–H and O–H groups in total. The summed E-state index contributed by atoms with van der Waals surface area (Å²) in [5, 5.41) is 0. The molecule has 88 valence electrons. The third-order valence-electron chi connectivity index (χ3n) is 2.94. The summed E-state index contributed by atoms with van der Waals surface area (Å²) < 4.78 is 5.36. The molecule has 0 atom stereocenters. The number of rotatable bonds is 3. The molecule has 0 aliphatic carbocycles. The smallest absolute Gasteiger partial charge is 0.126 e. The van der Waals surface area contributed by atoms with Gasteiger partial charge in [0.15, 0.2) is 0 Å². The van der Waals surface area contributed by atoms with Gasteiger partial charge in [0.25, 0.3) is 0 Å². The second-order valence-electron chi connectivity index (χ2n) is 3.97. The van der Waals surface area contributed by atoms with Gasteiger partial charge in [0.05, 0.1) is 7.11 Å². The Balaban J connectivity index is 2.49. The maximum atomic E-state index is 6.02. The van der Waals surface area contributed by atoms with E-state index in [1.54, 1.807) is 7.11 Å². The van der Waals surface area contributed by atoms with E-state index in [0.29, 0.717) is 0 Å². The topological polar surface area (TPSA) is 35.2 Å². The Morgan fingerprint density at radius 3 is 2.53 bits per heavy atom. The lowest BCUT2D eigenvalue weighted by Gasteiger charge is -2.10. The zero-order valence-corrected chi connectivity index (χ0v) is 10.2. The highest BCUT2D eigenvalue weighted by molar-refractivity contribution is 5.74. The van der Waals surface area contributed by atoms with Crippen LogP contribution in [0.15, 0.2) is 42.5 Å². The van der Waals surface area contributed by atoms with Gasteiger partial charge >= 0.3 is 0 Å². The van der Waals surface area contributed by atoms with Gasteiger partial charge in [0.2, 0.25) is 0 Å². The molecule has 0 saturated carbocycles. The van der Waals surface area contributed by atoms with Gasteiger partial charge in [-0.05, 0) is 29.7 Å². The molecule has 2 heteroatoms. The van der Waals surface area contributed by atoms with Crippen LogP contribution in [0.5, 0.6) is 5.75 Å². The SMILES string of the molecule is CCc1ccc(-c2ccccc2OC)cc1N. The Bertz CT molecular complexity index is 520. The van der Waals surface area contributed by atoms with Crippen LogP contribution < -0.4 is 10.5 Å². The molecule has 0 fully saturated rings. The molecular weight excluding hydrogens is 210 g/mol. The van der Waals surface area contributed by atoms with Crippen LogP contribution in [0.25, 0.3) is 11.1 Å². The number of nitrogen functional groups attached to an aromatic ring is 1. The van der Waals surface area contributed by atoms with Crippen molar-refractivity contribution in [1.29, 1.82) is 0 Å². The summed E-state index contributed by atoms with van der Waals surface area (Å²) in [6, 6.07) is 14.1. The van der Waals surface area contributed by atoms with E-state index in [2.05, 4.69) is 19.1 Å². The summed E-state index contributed by atoms with van der Waals surface area (Å²) in [6.45, 7) is 2.11. The van der Waals surface area contributed by atoms with Crippen LogP contribution in [-0.4, -0.2) is 7.11 Å². The monoisotopic (exact) mass is 227 g/mol. The Hall–Kier alpha value is -1.96. The highest BCUT2D eigenvalue weighted by atomic mass is 16.5. The van der Waals surface area contributed by atoms with Crippen molar-refractivity contribution < 1.29 is 4.74 Å². The summed E-state index contributed by atoms with van der Waals surface area (Å²) in [7, 11) is 1.68. The van der Waals surface area contributed by atoms with Crippen molar-refractivity contribution in [2.45, 2.75) is 13.3 Å². The molecule has 0 spiro atoms. The first-order valence-corrected chi connectivity index (χ1v) is 5.78. The second kappa shape index (κ2) is 4.91. The molecule has 0 amide bonds. The molecule has 0 radical (unpaired) electrons. The number of nitrogens with two attached hydrogens (primary N) is 1. The van der Waals surface area contributed by atoms with Crippen LogP contribution in [0.1, 0.15) is 12.5 Å². The van der Waals surface area contributed by atoms with E-state index >= 15 is 0 Å². The summed E-state index contributed by atoms with van der Waals surface area (Å²) in [6.07, 6.45) is 0.956. The molecule has 0 aliphatic heterocycles. The lowest BCUT2D eigenvalue weighted by Crippen LogP contribution is -1.94. The van der Waals surface area contributed by atoms with Crippen LogP contribution in [0.2, 0.25) is 0 Å². The lowest BCUT2D eigenvalue weighted by atomic mass is 10.0. The van der Waals surface area contributed by atoms with E-state index in [1.807, 2.05) is 30.3 Å². The summed E-state index contributed by atoms with van der Waals surface area (Å²) in [5.41, 5.74) is 10.2. The minimum atomic E-state index is 0.843. The van der Waals surface area contributed by atoms with E-state index < -0.39 is 0 Å². The van der Waals surface area contributed by atoms with Crippen molar-refractivity contribution in [1.82, 2.24) is 0 Å². The molecule has 2 nitrogen and oxygen atoms in total. The van der Waals surface area contributed by atoms with Crippen molar-refractivity contribution in [2.24, 2.45) is 0 Å². The van der Waals surface area contributed by atoms with Crippen LogP contribution in [0, 0.1) is 0 Å². The minimum absolute atomic E-state index is 0.843. The van der Waals surface area contributed by atoms with Gasteiger partial charge in [-0.25, -0.2) is 0 Å². The van der Waals surface area contributed by atoms with E-state index in [9.17, 15) is 0 Å². The molecule has 2 aromatic rings. The first-order chi connectivity index (χ1) is 8.26. The maximum absolute atomic E-state index is 6.02. The van der Waals surface area contributed by atoms with Gasteiger partial charge < -0.3 is 10.5 Å². The predicted octanol–water partition coefficient (Wildman–Crippen LogP) is 3.51. The van der Waals surface area contributed by atoms with Gasteiger partial charge in [-0.1, -0.05) is 37.3 Å². The summed E-state index contributed by atoms with van der Waals surface area (Å²) in [5.74, 6) is 0.871. The number of anilines is 1. The largest absolute Gasteiger partial charge is 0.496 e. The van der Waals surface area contributed by atoms with Crippen LogP contribution >= 0.6 is 0 Å². The van der Waals surface area contributed by atoms with Crippen LogP contribution in [-0.2, 0) is 6.42 Å². The standard InChI is InChI=1S/C15H17NO/c1-3-11-8-9-12(10-14(11)16)13-6-4-5-7-15(13)17-2/h4-10H,3,16H2,1-2H3. The van der Waals surface area contributed by atoms with Gasteiger partial charge in [0.1, 0.15) is 5.75 Å². The second-order valence-corrected chi connectivity index (χ2v) is 3.97. The quantitative estimate of drug-likeness (QED) is 0.814. The molecule has 2 rings (SSSR count). The Morgan fingerprint density at radius 1 is 1.12 bits per heavy atom. The molecule has 0 aliphatic rings. The molecule has 2 aromatic carbocycles. The van der Waals surface area contributed by atoms with Crippen molar-refractivity contribution in [3.63, 3.8) is 0 Å². The summed E-state index contributed by atoms with van der Waals surface area (Å²) in [4.78, 5) is 0. The number of hydrogen-bond acceptors (Lipinski definition) is 2. The Morgan fingerprint density at radius 2 is 1.88 bits per heavy atom. The molecular formula is C15H17NO. The van der Waals surface area contributed by atoms with E-state index in [4.69, 9.17) is 10.5 Å². The Labute approximate surface area is 102 Å². The highest BCUT2D eigenvalue weighted by Gasteiger charge is 2.06. The first-order valence-electron chi connectivity index (χ1n) is 5.78. The maximum Gasteiger partial charge on any atom is 0.126 e. The van der Waals surface area contributed by atoms with Gasteiger partial charge in [0, 0.05) is 11.3 Å². The zero-order chi connectivity index (χ0) is 12.3. The highest BCUT2D eigenvalue weighted by Crippen LogP contribution is 2.31. The van der Waals surface area contributed by atoms with Crippen LogP contribution in [0.3, 0.4) is 0 Å². The fourth-order valence-electron chi connectivity index (χ4n) is 1.97. The van der Waals surface area contributed by atoms with Crippen molar-refractivity contribution >= 4 is 5.69 Å². The predicted molar refractivity (Wildman–Crippen MR) is 72.2 cm³/mol. The molecule has 0 unspecified atom stereocenters. The van der Waals surface area contributed by atoms with Gasteiger partial charge in [-0.3, -0.25) is 0 Å². The Kier molecular flexibility index (Phi) is 3.33. The number of aryl methyl sites for hydroxylation is 1. The molecule has 0 saturated heterocycles. The zero-order valence-electron chi connectivity index (χ0n) is 10.2. The molecule has 0 aromatic heterocycles. The van der Waals surface area contributed by atoms with Crippen molar-refractivity contribution in [3.8, 4) is 16.9 Å².